The maximum absolute atomic E-state index is 13.2. The van der Waals surface area contributed by atoms with Crippen molar-refractivity contribution >= 4 is 23.7 Å². The number of nitrogens with zero attached hydrogens (tertiary/aromatic N) is 3. The van der Waals surface area contributed by atoms with Gasteiger partial charge < -0.3 is 14.7 Å². The number of hydrogen-bond donors (Lipinski definition) is 2. The first-order valence-electron chi connectivity index (χ1n) is 11.5. The van der Waals surface area contributed by atoms with Crippen LogP contribution in [0.3, 0.4) is 0 Å². The van der Waals surface area contributed by atoms with Crippen LogP contribution >= 0.6 is 0 Å². The summed E-state index contributed by atoms with van der Waals surface area (Å²) in [6.07, 6.45) is 0.704. The molecule has 1 fully saturated rings. The number of aromatic nitrogens is 2. The van der Waals surface area contributed by atoms with Crippen LogP contribution < -0.4 is 5.32 Å². The fourth-order valence-electron chi connectivity index (χ4n) is 5.13. The van der Waals surface area contributed by atoms with Gasteiger partial charge in [0.1, 0.15) is 12.3 Å². The number of carboxylic acids is 1. The van der Waals surface area contributed by atoms with E-state index in [0.717, 1.165) is 22.3 Å². The van der Waals surface area contributed by atoms with Crippen molar-refractivity contribution in [3.63, 3.8) is 0 Å². The molecule has 2 aromatic carbocycles. The quantitative estimate of drug-likeness (QED) is 0.584. The van der Waals surface area contributed by atoms with E-state index in [1.165, 1.54) is 15.8 Å². The zero-order valence-electron chi connectivity index (χ0n) is 19.5. The van der Waals surface area contributed by atoms with Gasteiger partial charge in [-0.25, -0.2) is 4.79 Å². The van der Waals surface area contributed by atoms with Crippen molar-refractivity contribution in [1.82, 2.24) is 14.7 Å². The van der Waals surface area contributed by atoms with Gasteiger partial charge in [0, 0.05) is 26.1 Å². The number of carbonyl (C=O) groups is 3. The van der Waals surface area contributed by atoms with E-state index < -0.39 is 18.0 Å². The SMILES string of the molecule is CC1CN(C(=O)c2c(NC(=O)OCC3c4ccccc4-c4ccccc43)cnn2C)CC1C(=O)O. The van der Waals surface area contributed by atoms with Crippen LogP contribution in [0.25, 0.3) is 11.1 Å². The Bertz CT molecular complexity index is 1270. The Morgan fingerprint density at radius 1 is 1.06 bits per heavy atom. The number of aryl methyl sites for hydroxylation is 1. The average molecular weight is 475 g/mol. The molecule has 0 saturated carbocycles. The Morgan fingerprint density at radius 2 is 1.69 bits per heavy atom. The van der Waals surface area contributed by atoms with Crippen LogP contribution in [0, 0.1) is 11.8 Å². The summed E-state index contributed by atoms with van der Waals surface area (Å²) >= 11 is 0. The minimum Gasteiger partial charge on any atom is -0.481 e. The second-order valence-corrected chi connectivity index (χ2v) is 9.11. The molecule has 1 aliphatic heterocycles. The average Bonchev–Trinajstić information content (AvgIpc) is 3.51. The Balaban J connectivity index is 1.28. The number of rotatable bonds is 5. The van der Waals surface area contributed by atoms with Gasteiger partial charge in [-0.05, 0) is 28.2 Å². The minimum atomic E-state index is -0.921. The smallest absolute Gasteiger partial charge is 0.411 e. The summed E-state index contributed by atoms with van der Waals surface area (Å²) in [5, 5.41) is 16.1. The molecule has 2 aliphatic rings. The van der Waals surface area contributed by atoms with E-state index in [4.69, 9.17) is 4.74 Å². The zero-order valence-corrected chi connectivity index (χ0v) is 19.5. The molecule has 180 valence electrons. The monoisotopic (exact) mass is 474 g/mol. The molecule has 2 unspecified atom stereocenters. The van der Waals surface area contributed by atoms with Crippen molar-refractivity contribution in [3.05, 3.63) is 71.5 Å². The minimum absolute atomic E-state index is 0.0813. The van der Waals surface area contributed by atoms with Crippen LogP contribution in [0.15, 0.2) is 54.7 Å². The number of ether oxygens (including phenoxy) is 1. The van der Waals surface area contributed by atoms with E-state index in [-0.39, 0.29) is 42.3 Å². The number of amides is 2. The van der Waals surface area contributed by atoms with Crippen LogP contribution in [-0.2, 0) is 16.6 Å². The third-order valence-electron chi connectivity index (χ3n) is 6.94. The first kappa shape index (κ1) is 22.6. The molecular weight excluding hydrogens is 448 g/mol. The molecule has 1 saturated heterocycles. The molecule has 2 N–H and O–H groups in total. The summed E-state index contributed by atoms with van der Waals surface area (Å²) in [7, 11) is 1.60. The van der Waals surface area contributed by atoms with E-state index in [1.807, 2.05) is 43.3 Å². The molecule has 35 heavy (non-hydrogen) atoms. The predicted octanol–water partition coefficient (Wildman–Crippen LogP) is 3.57. The van der Waals surface area contributed by atoms with Crippen molar-refractivity contribution in [3.8, 4) is 11.1 Å². The molecule has 2 heterocycles. The molecule has 0 bridgehead atoms. The highest BCUT2D eigenvalue weighted by atomic mass is 16.5. The number of hydrogen-bond acceptors (Lipinski definition) is 5. The van der Waals surface area contributed by atoms with Crippen LogP contribution in [-0.4, -0.2) is 57.5 Å². The number of nitrogens with one attached hydrogen (secondary N) is 1. The topological polar surface area (TPSA) is 114 Å². The third kappa shape index (κ3) is 4.03. The van der Waals surface area contributed by atoms with Crippen molar-refractivity contribution < 1.29 is 24.2 Å². The second-order valence-electron chi connectivity index (χ2n) is 9.11. The predicted molar refractivity (Wildman–Crippen MR) is 128 cm³/mol. The van der Waals surface area contributed by atoms with Crippen LogP contribution in [0.2, 0.25) is 0 Å². The highest BCUT2D eigenvalue weighted by molar-refractivity contribution is 6.01. The summed E-state index contributed by atoms with van der Waals surface area (Å²) < 4.78 is 6.96. The van der Waals surface area contributed by atoms with Crippen molar-refractivity contribution in [1.29, 1.82) is 0 Å². The number of likely N-dealkylation sites (tertiary alicyclic amines) is 1. The van der Waals surface area contributed by atoms with Gasteiger partial charge in [0.15, 0.2) is 0 Å². The number of fused-ring (bicyclic) bond motifs is 3. The number of carboxylic acid groups (broad SMARTS) is 1. The van der Waals surface area contributed by atoms with Crippen molar-refractivity contribution in [2.24, 2.45) is 18.9 Å². The Morgan fingerprint density at radius 3 is 2.29 bits per heavy atom. The molecule has 2 atom stereocenters. The van der Waals surface area contributed by atoms with Gasteiger partial charge in [-0.3, -0.25) is 19.6 Å². The fourth-order valence-corrected chi connectivity index (χ4v) is 5.13. The summed E-state index contributed by atoms with van der Waals surface area (Å²) in [5.74, 6) is -2.17. The summed E-state index contributed by atoms with van der Waals surface area (Å²) in [5.41, 5.74) is 4.89. The maximum atomic E-state index is 13.2. The third-order valence-corrected chi connectivity index (χ3v) is 6.94. The van der Waals surface area contributed by atoms with E-state index in [2.05, 4.69) is 22.5 Å². The van der Waals surface area contributed by atoms with Gasteiger partial charge in [0.25, 0.3) is 5.91 Å². The molecule has 5 rings (SSSR count). The first-order chi connectivity index (χ1) is 16.8. The van der Waals surface area contributed by atoms with Gasteiger partial charge in [-0.1, -0.05) is 55.5 Å². The largest absolute Gasteiger partial charge is 0.481 e. The molecule has 2 amide bonds. The standard InChI is InChI=1S/C26H26N4O5/c1-15-12-30(13-20(15)25(32)33)24(31)23-22(11-27-29(23)2)28-26(34)35-14-21-18-9-5-3-7-16(18)17-8-4-6-10-19(17)21/h3-11,15,20-21H,12-14H2,1-2H3,(H,28,34)(H,32,33). The molecular formula is C26H26N4O5. The Kier molecular flexibility index (Phi) is 5.76. The van der Waals surface area contributed by atoms with Crippen LogP contribution in [0.1, 0.15) is 34.5 Å². The normalized spacial score (nSPS) is 18.7. The van der Waals surface area contributed by atoms with E-state index in [0.29, 0.717) is 6.54 Å². The fraction of sp³-hybridized carbons (Fsp3) is 0.308. The van der Waals surface area contributed by atoms with Gasteiger partial charge in [0.05, 0.1) is 17.8 Å². The van der Waals surface area contributed by atoms with Gasteiger partial charge >= 0.3 is 12.1 Å². The molecule has 0 radical (unpaired) electrons. The van der Waals surface area contributed by atoms with Crippen molar-refractivity contribution in [2.75, 3.05) is 25.0 Å². The van der Waals surface area contributed by atoms with Crippen LogP contribution in [0.5, 0.6) is 0 Å². The number of benzene rings is 2. The van der Waals surface area contributed by atoms with Gasteiger partial charge in [-0.15, -0.1) is 0 Å². The second kappa shape index (κ2) is 8.90. The summed E-state index contributed by atoms with van der Waals surface area (Å²) in [6.45, 7) is 2.40. The first-order valence-corrected chi connectivity index (χ1v) is 11.5. The number of carbonyl (C=O) groups excluding carboxylic acids is 2. The van der Waals surface area contributed by atoms with Gasteiger partial charge in [0.2, 0.25) is 0 Å². The van der Waals surface area contributed by atoms with Crippen molar-refractivity contribution in [2.45, 2.75) is 12.8 Å². The summed E-state index contributed by atoms with van der Waals surface area (Å²) in [4.78, 5) is 38.8. The molecule has 0 spiro atoms. The van der Waals surface area contributed by atoms with Crippen LogP contribution in [0.4, 0.5) is 10.5 Å². The molecule has 1 aromatic heterocycles. The molecule has 3 aromatic rings. The lowest BCUT2D eigenvalue weighted by molar-refractivity contribution is -0.142. The lowest BCUT2D eigenvalue weighted by atomic mass is 9.98. The molecule has 9 nitrogen and oxygen atoms in total. The summed E-state index contributed by atoms with van der Waals surface area (Å²) in [6, 6.07) is 16.1. The highest BCUT2D eigenvalue weighted by Gasteiger charge is 2.38. The van der Waals surface area contributed by atoms with E-state index >= 15 is 0 Å². The number of anilines is 1. The molecule has 9 heteroatoms. The zero-order chi connectivity index (χ0) is 24.7. The van der Waals surface area contributed by atoms with Gasteiger partial charge in [-0.2, -0.15) is 5.10 Å². The Labute approximate surface area is 202 Å². The lowest BCUT2D eigenvalue weighted by Crippen LogP contribution is -2.32. The number of aliphatic carboxylic acids is 1. The highest BCUT2D eigenvalue weighted by Crippen LogP contribution is 2.44. The maximum Gasteiger partial charge on any atom is 0.411 e. The molecule has 1 aliphatic carbocycles. The Hall–Kier alpha value is -4.14. The van der Waals surface area contributed by atoms with E-state index in [9.17, 15) is 19.5 Å². The lowest BCUT2D eigenvalue weighted by Gasteiger charge is -2.18. The van der Waals surface area contributed by atoms with E-state index in [1.54, 1.807) is 7.05 Å².